The Kier molecular flexibility index (Phi) is 5.52. The highest BCUT2D eigenvalue weighted by Gasteiger charge is 2.13. The third-order valence-corrected chi connectivity index (χ3v) is 3.92. The van der Waals surface area contributed by atoms with Crippen molar-refractivity contribution in [2.24, 2.45) is 14.1 Å². The average molecular weight is 317 g/mol. The fourth-order valence-corrected chi connectivity index (χ4v) is 2.52. The second-order valence-corrected chi connectivity index (χ2v) is 5.86. The van der Waals surface area contributed by atoms with Gasteiger partial charge in [0.05, 0.1) is 6.10 Å². The fraction of sp³-hybridized carbons (Fsp3) is 0.412. The first-order valence-corrected chi connectivity index (χ1v) is 7.62. The fourth-order valence-electron chi connectivity index (χ4n) is 2.52. The maximum atomic E-state index is 12.1. The van der Waals surface area contributed by atoms with E-state index in [4.69, 9.17) is 0 Å². The second kappa shape index (κ2) is 7.39. The van der Waals surface area contributed by atoms with E-state index in [-0.39, 0.29) is 17.3 Å². The molecule has 0 saturated carbocycles. The van der Waals surface area contributed by atoms with Gasteiger partial charge in [0.15, 0.2) is 0 Å². The Labute approximate surface area is 135 Å². The van der Waals surface area contributed by atoms with Gasteiger partial charge in [0.25, 0.3) is 5.56 Å². The molecule has 0 bridgehead atoms. The Morgan fingerprint density at radius 3 is 2.48 bits per heavy atom. The molecule has 1 aromatic heterocycles. The van der Waals surface area contributed by atoms with Crippen molar-refractivity contribution < 1.29 is 5.11 Å². The average Bonchev–Trinajstić information content (AvgIpc) is 2.55. The summed E-state index contributed by atoms with van der Waals surface area (Å²) in [5.41, 5.74) is 0.762. The molecule has 124 valence electrons. The number of aryl methyl sites for hydroxylation is 1. The molecule has 2 N–H and O–H groups in total. The lowest BCUT2D eigenvalue weighted by Crippen LogP contribution is -2.40. The summed E-state index contributed by atoms with van der Waals surface area (Å²) in [6.45, 7) is 2.31. The summed E-state index contributed by atoms with van der Waals surface area (Å²) in [6, 6.07) is 9.50. The lowest BCUT2D eigenvalue weighted by molar-refractivity contribution is 0.154. The Balaban J connectivity index is 1.99. The third-order valence-electron chi connectivity index (χ3n) is 3.92. The van der Waals surface area contributed by atoms with E-state index >= 15 is 0 Å². The number of aliphatic hydroxyl groups is 1. The largest absolute Gasteiger partial charge is 0.388 e. The van der Waals surface area contributed by atoms with E-state index in [9.17, 15) is 14.7 Å². The van der Waals surface area contributed by atoms with Crippen molar-refractivity contribution in [3.05, 3.63) is 68.5 Å². The quantitative estimate of drug-likeness (QED) is 0.822. The molecule has 0 fully saturated rings. The summed E-state index contributed by atoms with van der Waals surface area (Å²) < 4.78 is 2.49. The molecule has 2 atom stereocenters. The second-order valence-electron chi connectivity index (χ2n) is 5.86. The first-order chi connectivity index (χ1) is 10.9. The molecule has 1 aromatic carbocycles. The molecule has 6 nitrogen and oxygen atoms in total. The topological polar surface area (TPSA) is 76.3 Å². The van der Waals surface area contributed by atoms with E-state index in [0.29, 0.717) is 18.5 Å². The van der Waals surface area contributed by atoms with Gasteiger partial charge in [0, 0.05) is 38.4 Å². The minimum atomic E-state index is -0.554. The Hall–Kier alpha value is -2.18. The smallest absolute Gasteiger partial charge is 0.330 e. The molecular formula is C17H23N3O3. The van der Waals surface area contributed by atoms with Gasteiger partial charge < -0.3 is 15.0 Å². The first-order valence-electron chi connectivity index (χ1n) is 7.62. The van der Waals surface area contributed by atoms with Crippen LogP contribution in [-0.2, 0) is 20.6 Å². The van der Waals surface area contributed by atoms with Crippen LogP contribution in [0, 0.1) is 0 Å². The lowest BCUT2D eigenvalue weighted by Gasteiger charge is -2.18. The van der Waals surface area contributed by atoms with E-state index in [1.54, 1.807) is 13.2 Å². The van der Waals surface area contributed by atoms with Gasteiger partial charge >= 0.3 is 5.69 Å². The number of nitrogens with zero attached hydrogens (tertiary/aromatic N) is 2. The molecule has 2 aromatic rings. The Morgan fingerprint density at radius 2 is 1.83 bits per heavy atom. The summed E-state index contributed by atoms with van der Waals surface area (Å²) in [7, 11) is 3.09. The van der Waals surface area contributed by atoms with Gasteiger partial charge in [-0.1, -0.05) is 30.3 Å². The number of nitrogens with one attached hydrogen (secondary N) is 1. The Morgan fingerprint density at radius 1 is 1.17 bits per heavy atom. The summed E-state index contributed by atoms with van der Waals surface area (Å²) in [5, 5.41) is 13.4. The summed E-state index contributed by atoms with van der Waals surface area (Å²) in [4.78, 5) is 23.7. The number of hydrogen-bond donors (Lipinski definition) is 2. The van der Waals surface area contributed by atoms with E-state index in [0.717, 1.165) is 10.1 Å². The maximum Gasteiger partial charge on any atom is 0.330 e. The molecule has 0 aliphatic rings. The number of aliphatic hydroxyl groups excluding tert-OH is 1. The third kappa shape index (κ3) is 4.18. The summed E-state index contributed by atoms with van der Waals surface area (Å²) >= 11 is 0. The molecule has 2 unspecified atom stereocenters. The monoisotopic (exact) mass is 317 g/mol. The van der Waals surface area contributed by atoms with Crippen LogP contribution in [0.1, 0.15) is 30.6 Å². The minimum absolute atomic E-state index is 0.0205. The minimum Gasteiger partial charge on any atom is -0.388 e. The van der Waals surface area contributed by atoms with Crippen molar-refractivity contribution in [3.63, 3.8) is 0 Å². The Bertz CT molecular complexity index is 765. The molecule has 23 heavy (non-hydrogen) atoms. The summed E-state index contributed by atoms with van der Waals surface area (Å²) in [5.74, 6) is 0. The van der Waals surface area contributed by atoms with Crippen LogP contribution >= 0.6 is 0 Å². The number of aromatic nitrogens is 2. The van der Waals surface area contributed by atoms with E-state index in [1.807, 2.05) is 37.3 Å². The highest BCUT2D eigenvalue weighted by molar-refractivity contribution is 5.17. The normalized spacial score (nSPS) is 13.7. The van der Waals surface area contributed by atoms with Gasteiger partial charge in [-0.15, -0.1) is 0 Å². The van der Waals surface area contributed by atoms with E-state index in [2.05, 4.69) is 5.32 Å². The molecule has 0 amide bonds. The van der Waals surface area contributed by atoms with Crippen LogP contribution in [0.2, 0.25) is 0 Å². The molecule has 0 saturated heterocycles. The zero-order chi connectivity index (χ0) is 17.0. The molecule has 6 heteroatoms. The van der Waals surface area contributed by atoms with Crippen LogP contribution in [0.15, 0.2) is 46.1 Å². The highest BCUT2D eigenvalue weighted by Crippen LogP contribution is 2.17. The van der Waals surface area contributed by atoms with Crippen LogP contribution in [-0.4, -0.2) is 20.3 Å². The van der Waals surface area contributed by atoms with Crippen molar-refractivity contribution in [2.45, 2.75) is 32.0 Å². The highest BCUT2D eigenvalue weighted by atomic mass is 16.3. The molecule has 1 heterocycles. The molecule has 2 rings (SSSR count). The van der Waals surface area contributed by atoms with Crippen molar-refractivity contribution in [1.82, 2.24) is 14.5 Å². The van der Waals surface area contributed by atoms with Crippen LogP contribution in [0.4, 0.5) is 0 Å². The van der Waals surface area contributed by atoms with Crippen molar-refractivity contribution in [2.75, 3.05) is 0 Å². The van der Waals surface area contributed by atoms with Crippen molar-refractivity contribution >= 4 is 0 Å². The van der Waals surface area contributed by atoms with Gasteiger partial charge in [0.2, 0.25) is 0 Å². The zero-order valence-corrected chi connectivity index (χ0v) is 13.7. The maximum absolute atomic E-state index is 12.1. The van der Waals surface area contributed by atoms with E-state index < -0.39 is 6.10 Å². The SMILES string of the molecule is CC(CC(O)c1ccccc1)NCc1cn(C)c(=O)n(C)c1=O. The lowest BCUT2D eigenvalue weighted by atomic mass is 10.0. The standard InChI is InChI=1S/C17H23N3O3/c1-12(9-15(21)13-7-5-4-6-8-13)18-10-14-11-19(2)17(23)20(3)16(14)22/h4-8,11-12,15,18,21H,9-10H2,1-3H3. The van der Waals surface area contributed by atoms with Crippen molar-refractivity contribution in [1.29, 1.82) is 0 Å². The van der Waals surface area contributed by atoms with Gasteiger partial charge in [-0.3, -0.25) is 9.36 Å². The number of benzene rings is 1. The van der Waals surface area contributed by atoms with E-state index in [1.165, 1.54) is 11.6 Å². The number of rotatable bonds is 6. The molecule has 0 aliphatic carbocycles. The van der Waals surface area contributed by atoms with Crippen LogP contribution in [0.3, 0.4) is 0 Å². The molecule has 0 aliphatic heterocycles. The molecule has 0 spiro atoms. The van der Waals surface area contributed by atoms with Gasteiger partial charge in [-0.2, -0.15) is 0 Å². The predicted molar refractivity (Wildman–Crippen MR) is 89.2 cm³/mol. The predicted octanol–water partition coefficient (Wildman–Crippen LogP) is 0.686. The van der Waals surface area contributed by atoms with Gasteiger partial charge in [-0.25, -0.2) is 4.79 Å². The van der Waals surface area contributed by atoms with Crippen LogP contribution < -0.4 is 16.6 Å². The van der Waals surface area contributed by atoms with Crippen LogP contribution in [0.5, 0.6) is 0 Å². The zero-order valence-electron chi connectivity index (χ0n) is 13.7. The first kappa shape index (κ1) is 17.2. The van der Waals surface area contributed by atoms with Crippen LogP contribution in [0.25, 0.3) is 0 Å². The molecular weight excluding hydrogens is 294 g/mol. The van der Waals surface area contributed by atoms with Gasteiger partial charge in [-0.05, 0) is 18.9 Å². The molecule has 0 radical (unpaired) electrons. The van der Waals surface area contributed by atoms with Crippen molar-refractivity contribution in [3.8, 4) is 0 Å². The van der Waals surface area contributed by atoms with Gasteiger partial charge in [0.1, 0.15) is 0 Å². The summed E-state index contributed by atoms with van der Waals surface area (Å²) in [6.07, 6.45) is 1.54. The number of hydrogen-bond acceptors (Lipinski definition) is 4.